The zero-order valence-electron chi connectivity index (χ0n) is 26.5. The van der Waals surface area contributed by atoms with Gasteiger partial charge in [0.1, 0.15) is 28.6 Å². The molecule has 14 heteroatoms. The standard InChI is InChI=1S/C35H34F4N6O4/c1-2-24-26(36)6-3-20-13-23(46)14-27(29(20)24)45-28(35(37,38)39)15-25-30(32(45)47)41-33(42-31(25)44-16-21-4-5-22(17-44)40-21)49-19-34(7-8-34)18-43-9-11-48-12-10-43/h1,3,6,13-15,21-22,40,46H,4-5,7-12,16-19H2/t21-,22+. The Balaban J connectivity index is 1.31. The minimum Gasteiger partial charge on any atom is -0.508 e. The highest BCUT2D eigenvalue weighted by molar-refractivity contribution is 5.97. The number of alkyl halides is 3. The molecule has 0 spiro atoms. The van der Waals surface area contributed by atoms with E-state index in [4.69, 9.17) is 15.9 Å². The Bertz CT molecular complexity index is 2060. The number of pyridine rings is 1. The van der Waals surface area contributed by atoms with Crippen LogP contribution in [0.1, 0.15) is 36.9 Å². The maximum Gasteiger partial charge on any atom is 0.431 e. The highest BCUT2D eigenvalue weighted by Gasteiger charge is 2.45. The van der Waals surface area contributed by atoms with Crippen molar-refractivity contribution >= 4 is 27.5 Å². The maximum absolute atomic E-state index is 15.0. The molecule has 256 valence electrons. The van der Waals surface area contributed by atoms with Crippen LogP contribution in [0.2, 0.25) is 0 Å². The van der Waals surface area contributed by atoms with Crippen LogP contribution in [0, 0.1) is 23.6 Å². The fourth-order valence-electron chi connectivity index (χ4n) is 7.57. The summed E-state index contributed by atoms with van der Waals surface area (Å²) in [7, 11) is 0. The van der Waals surface area contributed by atoms with E-state index in [2.05, 4.69) is 26.1 Å². The van der Waals surface area contributed by atoms with E-state index in [0.717, 1.165) is 63.5 Å². The summed E-state index contributed by atoms with van der Waals surface area (Å²) in [6.45, 7) is 5.01. The summed E-state index contributed by atoms with van der Waals surface area (Å²) in [4.78, 5) is 27.8. The van der Waals surface area contributed by atoms with Gasteiger partial charge in [-0.3, -0.25) is 14.3 Å². The van der Waals surface area contributed by atoms with Crippen molar-refractivity contribution in [1.82, 2.24) is 24.8 Å². The van der Waals surface area contributed by atoms with E-state index >= 15 is 13.2 Å². The smallest absolute Gasteiger partial charge is 0.431 e. The number of phenols is 1. The van der Waals surface area contributed by atoms with Gasteiger partial charge in [0.25, 0.3) is 5.56 Å². The molecule has 2 bridgehead atoms. The first-order valence-electron chi connectivity index (χ1n) is 16.4. The molecular formula is C35H34F4N6O4. The quantitative estimate of drug-likeness (QED) is 0.220. The van der Waals surface area contributed by atoms with Gasteiger partial charge in [-0.2, -0.15) is 23.1 Å². The third-order valence-corrected chi connectivity index (χ3v) is 10.2. The predicted octanol–water partition coefficient (Wildman–Crippen LogP) is 4.21. The summed E-state index contributed by atoms with van der Waals surface area (Å²) in [5.74, 6) is 1.09. The average Bonchev–Trinajstić information content (AvgIpc) is 3.76. The second kappa shape index (κ2) is 11.9. The zero-order valence-corrected chi connectivity index (χ0v) is 26.5. The number of aromatic nitrogens is 3. The summed E-state index contributed by atoms with van der Waals surface area (Å²) in [6.07, 6.45) is 4.26. The molecule has 4 fully saturated rings. The van der Waals surface area contributed by atoms with Crippen LogP contribution >= 0.6 is 0 Å². The van der Waals surface area contributed by atoms with E-state index in [1.165, 1.54) is 12.1 Å². The number of halogens is 4. The number of ether oxygens (including phenoxy) is 2. The number of hydrogen-bond acceptors (Lipinski definition) is 9. The van der Waals surface area contributed by atoms with Crippen LogP contribution < -0.4 is 20.5 Å². The predicted molar refractivity (Wildman–Crippen MR) is 174 cm³/mol. The van der Waals surface area contributed by atoms with E-state index in [0.29, 0.717) is 30.9 Å². The number of rotatable bonds is 7. The van der Waals surface area contributed by atoms with Crippen molar-refractivity contribution in [3.63, 3.8) is 0 Å². The molecule has 3 aliphatic heterocycles. The van der Waals surface area contributed by atoms with Gasteiger partial charge in [0.2, 0.25) is 0 Å². The van der Waals surface area contributed by atoms with Gasteiger partial charge < -0.3 is 24.8 Å². The number of nitrogens with zero attached hydrogens (tertiary/aromatic N) is 5. The largest absolute Gasteiger partial charge is 0.508 e. The van der Waals surface area contributed by atoms with Crippen molar-refractivity contribution in [2.75, 3.05) is 57.4 Å². The van der Waals surface area contributed by atoms with Crippen molar-refractivity contribution in [3.8, 4) is 29.8 Å². The molecule has 49 heavy (non-hydrogen) atoms. The van der Waals surface area contributed by atoms with Crippen LogP contribution in [0.25, 0.3) is 27.4 Å². The summed E-state index contributed by atoms with van der Waals surface area (Å²) in [5, 5.41) is 14.0. The highest BCUT2D eigenvalue weighted by Crippen LogP contribution is 2.47. The number of fused-ring (bicyclic) bond motifs is 4. The van der Waals surface area contributed by atoms with Crippen LogP contribution in [0.4, 0.5) is 23.4 Å². The van der Waals surface area contributed by atoms with Gasteiger partial charge in [-0.1, -0.05) is 12.0 Å². The van der Waals surface area contributed by atoms with Crippen LogP contribution in [-0.4, -0.2) is 89.2 Å². The second-order valence-corrected chi connectivity index (χ2v) is 13.6. The number of aromatic hydroxyl groups is 1. The first-order valence-corrected chi connectivity index (χ1v) is 16.4. The summed E-state index contributed by atoms with van der Waals surface area (Å²) >= 11 is 0. The van der Waals surface area contributed by atoms with Crippen molar-refractivity contribution in [2.45, 2.75) is 43.9 Å². The molecule has 2 N–H and O–H groups in total. The van der Waals surface area contributed by atoms with Crippen LogP contribution in [-0.2, 0) is 10.9 Å². The fourth-order valence-corrected chi connectivity index (χ4v) is 7.57. The van der Waals surface area contributed by atoms with Gasteiger partial charge in [-0.25, -0.2) is 4.39 Å². The van der Waals surface area contributed by atoms with Crippen LogP contribution in [0.3, 0.4) is 0 Å². The molecule has 4 aliphatic rings. The monoisotopic (exact) mass is 678 g/mol. The zero-order chi connectivity index (χ0) is 34.1. The van der Waals surface area contributed by atoms with E-state index in [-0.39, 0.29) is 63.2 Å². The first-order chi connectivity index (χ1) is 23.5. The van der Waals surface area contributed by atoms with Crippen molar-refractivity contribution in [3.05, 3.63) is 57.8 Å². The summed E-state index contributed by atoms with van der Waals surface area (Å²) in [5.41, 5.74) is -3.67. The number of terminal acetylenes is 1. The van der Waals surface area contributed by atoms with Gasteiger partial charge in [-0.05, 0) is 49.3 Å². The third kappa shape index (κ3) is 5.83. The first kappa shape index (κ1) is 31.8. The molecule has 4 aromatic rings. The number of nitrogens with one attached hydrogen (secondary N) is 1. The Morgan fingerprint density at radius 2 is 1.84 bits per heavy atom. The van der Waals surface area contributed by atoms with E-state index in [9.17, 15) is 14.3 Å². The molecule has 2 aromatic carbocycles. The summed E-state index contributed by atoms with van der Waals surface area (Å²) in [6, 6.07) is 5.54. The van der Waals surface area contributed by atoms with E-state index in [1.807, 2.05) is 4.90 Å². The lowest BCUT2D eigenvalue weighted by molar-refractivity contribution is -0.142. The number of piperazine rings is 1. The average molecular weight is 679 g/mol. The van der Waals surface area contributed by atoms with Gasteiger partial charge in [0.05, 0.1) is 36.5 Å². The number of benzene rings is 2. The lowest BCUT2D eigenvalue weighted by atomic mass is 10.0. The molecule has 1 saturated carbocycles. The van der Waals surface area contributed by atoms with E-state index in [1.54, 1.807) is 0 Å². The molecule has 2 atom stereocenters. The molecule has 2 aromatic heterocycles. The van der Waals surface area contributed by atoms with Gasteiger partial charge in [0, 0.05) is 61.7 Å². The van der Waals surface area contributed by atoms with Gasteiger partial charge in [-0.15, -0.1) is 6.42 Å². The molecule has 10 nitrogen and oxygen atoms in total. The number of morpholine rings is 1. The molecule has 0 unspecified atom stereocenters. The molecule has 0 radical (unpaired) electrons. The van der Waals surface area contributed by atoms with Gasteiger partial charge in [0.15, 0.2) is 0 Å². The molecule has 8 rings (SSSR count). The Labute approximate surface area is 278 Å². The second-order valence-electron chi connectivity index (χ2n) is 13.6. The Morgan fingerprint density at radius 1 is 1.10 bits per heavy atom. The molecule has 3 saturated heterocycles. The van der Waals surface area contributed by atoms with Crippen molar-refractivity contribution < 1.29 is 32.1 Å². The molecule has 0 amide bonds. The van der Waals surface area contributed by atoms with Gasteiger partial charge >= 0.3 is 12.2 Å². The van der Waals surface area contributed by atoms with Crippen molar-refractivity contribution in [1.29, 1.82) is 0 Å². The number of phenolic OH excluding ortho intramolecular Hbond substituents is 1. The lowest BCUT2D eigenvalue weighted by Gasteiger charge is -2.34. The fraction of sp³-hybridized carbons (Fsp3) is 0.457. The Kier molecular flexibility index (Phi) is 7.69. The minimum atomic E-state index is -5.05. The molecular weight excluding hydrogens is 644 g/mol. The topological polar surface area (TPSA) is 105 Å². The minimum absolute atomic E-state index is 0.0792. The normalized spacial score (nSPS) is 22.1. The Hall–Kier alpha value is -4.45. The van der Waals surface area contributed by atoms with Crippen LogP contribution in [0.5, 0.6) is 11.8 Å². The number of anilines is 1. The summed E-state index contributed by atoms with van der Waals surface area (Å²) < 4.78 is 72.1. The maximum atomic E-state index is 15.0. The molecule has 1 aliphatic carbocycles. The Morgan fingerprint density at radius 3 is 2.51 bits per heavy atom. The molecule has 5 heterocycles. The number of hydrogen-bond donors (Lipinski definition) is 2. The van der Waals surface area contributed by atoms with Crippen LogP contribution in [0.15, 0.2) is 35.1 Å². The van der Waals surface area contributed by atoms with Crippen molar-refractivity contribution in [2.24, 2.45) is 5.41 Å². The SMILES string of the molecule is C#Cc1c(F)ccc2cc(O)cc(-n3c(C(F)(F)F)cc4c(N5C[C@H]6CC[C@@H](C5)N6)nc(OCC5(CN6CCOCC6)CC5)nc4c3=O)c12. The van der Waals surface area contributed by atoms with E-state index < -0.39 is 34.7 Å². The third-order valence-electron chi connectivity index (χ3n) is 10.2. The lowest BCUT2D eigenvalue weighted by Crippen LogP contribution is -2.51. The highest BCUT2D eigenvalue weighted by atomic mass is 19.4.